The lowest BCUT2D eigenvalue weighted by Gasteiger charge is -2.26. The molecule has 0 amide bonds. The number of methoxy groups -OCH3 is 1. The van der Waals surface area contributed by atoms with Gasteiger partial charge in [0.05, 0.1) is 18.5 Å². The fourth-order valence-electron chi connectivity index (χ4n) is 3.85. The summed E-state index contributed by atoms with van der Waals surface area (Å²) in [5, 5.41) is 23.0. The number of nitrogens with zero attached hydrogens (tertiary/aromatic N) is 5. The van der Waals surface area contributed by atoms with Crippen molar-refractivity contribution in [1.82, 2.24) is 25.5 Å². The second-order valence-corrected chi connectivity index (χ2v) is 8.78. The predicted molar refractivity (Wildman–Crippen MR) is 120 cm³/mol. The molecule has 31 heavy (non-hydrogen) atoms. The summed E-state index contributed by atoms with van der Waals surface area (Å²) in [6, 6.07) is 11.4. The number of hydrogen-bond acceptors (Lipinski definition) is 8. The van der Waals surface area contributed by atoms with Crippen LogP contribution in [0.4, 0.5) is 5.82 Å². The SMILES string of the molecule is COc1cc(-c2ccc(-c3ccc(N4CC[C@H](NC(C)(C)C)C4)nn3)c(O)c2)ncn1. The average Bonchev–Trinajstić information content (AvgIpc) is 3.20. The molecule has 8 heteroatoms. The summed E-state index contributed by atoms with van der Waals surface area (Å²) in [6.45, 7) is 8.41. The van der Waals surface area contributed by atoms with Crippen LogP contribution in [0.5, 0.6) is 11.6 Å². The van der Waals surface area contributed by atoms with E-state index in [-0.39, 0.29) is 11.3 Å². The molecular weight excluding hydrogens is 392 g/mol. The van der Waals surface area contributed by atoms with E-state index in [4.69, 9.17) is 4.74 Å². The Hall–Kier alpha value is -3.26. The van der Waals surface area contributed by atoms with Crippen molar-refractivity contribution in [3.05, 3.63) is 42.7 Å². The number of ether oxygens (including phenoxy) is 1. The fraction of sp³-hybridized carbons (Fsp3) is 0.391. The summed E-state index contributed by atoms with van der Waals surface area (Å²) in [5.74, 6) is 1.44. The second-order valence-electron chi connectivity index (χ2n) is 8.78. The summed E-state index contributed by atoms with van der Waals surface area (Å²) in [6.07, 6.45) is 2.51. The molecule has 1 aromatic carbocycles. The topological polar surface area (TPSA) is 96.3 Å². The van der Waals surface area contributed by atoms with E-state index in [1.54, 1.807) is 19.2 Å². The van der Waals surface area contributed by atoms with E-state index in [1.807, 2.05) is 24.3 Å². The van der Waals surface area contributed by atoms with Crippen LogP contribution in [0, 0.1) is 0 Å². The summed E-state index contributed by atoms with van der Waals surface area (Å²) in [7, 11) is 1.55. The highest BCUT2D eigenvalue weighted by Gasteiger charge is 2.26. The van der Waals surface area contributed by atoms with Gasteiger partial charge < -0.3 is 20.1 Å². The van der Waals surface area contributed by atoms with Crippen molar-refractivity contribution >= 4 is 5.82 Å². The third-order valence-corrected chi connectivity index (χ3v) is 5.22. The van der Waals surface area contributed by atoms with Crippen molar-refractivity contribution in [2.75, 3.05) is 25.1 Å². The van der Waals surface area contributed by atoms with Gasteiger partial charge in [-0.25, -0.2) is 9.97 Å². The van der Waals surface area contributed by atoms with Gasteiger partial charge in [0.25, 0.3) is 0 Å². The van der Waals surface area contributed by atoms with Gasteiger partial charge in [0.1, 0.15) is 12.1 Å². The van der Waals surface area contributed by atoms with Gasteiger partial charge in [-0.15, -0.1) is 10.2 Å². The highest BCUT2D eigenvalue weighted by atomic mass is 16.5. The third-order valence-electron chi connectivity index (χ3n) is 5.22. The number of aromatic hydroxyl groups is 1. The van der Waals surface area contributed by atoms with E-state index in [9.17, 15) is 5.11 Å². The van der Waals surface area contributed by atoms with Gasteiger partial charge in [-0.1, -0.05) is 6.07 Å². The highest BCUT2D eigenvalue weighted by molar-refractivity contribution is 5.73. The van der Waals surface area contributed by atoms with Gasteiger partial charge in [-0.05, 0) is 51.5 Å². The number of rotatable bonds is 5. The molecular formula is C23H28N6O2. The Labute approximate surface area is 182 Å². The summed E-state index contributed by atoms with van der Waals surface area (Å²) in [5.41, 5.74) is 2.77. The van der Waals surface area contributed by atoms with Crippen LogP contribution in [-0.2, 0) is 0 Å². The first-order valence-electron chi connectivity index (χ1n) is 10.4. The molecule has 3 heterocycles. The van der Waals surface area contributed by atoms with Crippen LogP contribution in [0.3, 0.4) is 0 Å². The van der Waals surface area contributed by atoms with Gasteiger partial charge in [0.15, 0.2) is 5.82 Å². The van der Waals surface area contributed by atoms with Gasteiger partial charge in [-0.2, -0.15) is 0 Å². The van der Waals surface area contributed by atoms with Gasteiger partial charge in [0, 0.05) is 41.9 Å². The number of phenolic OH excluding ortho intramolecular Hbond substituents is 1. The zero-order valence-electron chi connectivity index (χ0n) is 18.3. The Morgan fingerprint density at radius 1 is 1.06 bits per heavy atom. The molecule has 162 valence electrons. The molecule has 2 aromatic heterocycles. The minimum atomic E-state index is 0.0941. The maximum atomic E-state index is 10.6. The van der Waals surface area contributed by atoms with E-state index >= 15 is 0 Å². The number of anilines is 1. The van der Waals surface area contributed by atoms with Crippen molar-refractivity contribution in [2.45, 2.75) is 38.8 Å². The molecule has 1 saturated heterocycles. The molecule has 0 radical (unpaired) electrons. The third kappa shape index (κ3) is 4.91. The van der Waals surface area contributed by atoms with Crippen LogP contribution >= 0.6 is 0 Å². The van der Waals surface area contributed by atoms with Crippen molar-refractivity contribution < 1.29 is 9.84 Å². The van der Waals surface area contributed by atoms with Crippen LogP contribution in [-0.4, -0.2) is 57.1 Å². The van der Waals surface area contributed by atoms with Crippen molar-refractivity contribution in [3.8, 4) is 34.1 Å². The minimum absolute atomic E-state index is 0.0941. The molecule has 0 bridgehead atoms. The molecule has 1 aliphatic heterocycles. The lowest BCUT2D eigenvalue weighted by Crippen LogP contribution is -2.45. The summed E-state index contributed by atoms with van der Waals surface area (Å²) in [4.78, 5) is 10.5. The van der Waals surface area contributed by atoms with Gasteiger partial charge >= 0.3 is 0 Å². The van der Waals surface area contributed by atoms with Crippen LogP contribution in [0.25, 0.3) is 22.5 Å². The van der Waals surface area contributed by atoms with Crippen LogP contribution in [0.2, 0.25) is 0 Å². The van der Waals surface area contributed by atoms with E-state index in [1.165, 1.54) is 6.33 Å². The molecule has 8 nitrogen and oxygen atoms in total. The Balaban J connectivity index is 1.49. The fourth-order valence-corrected chi connectivity index (χ4v) is 3.85. The molecule has 1 fully saturated rings. The van der Waals surface area contributed by atoms with Crippen molar-refractivity contribution in [2.24, 2.45) is 0 Å². The Morgan fingerprint density at radius 2 is 1.90 bits per heavy atom. The first kappa shape index (κ1) is 21.0. The van der Waals surface area contributed by atoms with E-state index in [0.717, 1.165) is 30.9 Å². The van der Waals surface area contributed by atoms with Crippen molar-refractivity contribution in [1.29, 1.82) is 0 Å². The number of benzene rings is 1. The molecule has 0 aliphatic carbocycles. The maximum absolute atomic E-state index is 10.6. The molecule has 2 N–H and O–H groups in total. The first-order chi connectivity index (χ1) is 14.8. The predicted octanol–water partition coefficient (Wildman–Crippen LogP) is 3.28. The molecule has 3 aromatic rings. The quantitative estimate of drug-likeness (QED) is 0.649. The summed E-state index contributed by atoms with van der Waals surface area (Å²) < 4.78 is 5.14. The molecule has 0 saturated carbocycles. The Morgan fingerprint density at radius 3 is 2.58 bits per heavy atom. The summed E-state index contributed by atoms with van der Waals surface area (Å²) >= 11 is 0. The lowest BCUT2D eigenvalue weighted by atomic mass is 10.1. The average molecular weight is 421 g/mol. The number of nitrogens with one attached hydrogen (secondary N) is 1. The van der Waals surface area contributed by atoms with Gasteiger partial charge in [-0.3, -0.25) is 0 Å². The molecule has 0 spiro atoms. The van der Waals surface area contributed by atoms with E-state index in [0.29, 0.717) is 28.9 Å². The van der Waals surface area contributed by atoms with Crippen molar-refractivity contribution in [3.63, 3.8) is 0 Å². The zero-order valence-corrected chi connectivity index (χ0v) is 18.3. The molecule has 1 atom stereocenters. The smallest absolute Gasteiger partial charge is 0.216 e. The first-order valence-corrected chi connectivity index (χ1v) is 10.4. The number of hydrogen-bond donors (Lipinski definition) is 2. The minimum Gasteiger partial charge on any atom is -0.507 e. The normalized spacial score (nSPS) is 16.5. The Bertz CT molecular complexity index is 1050. The molecule has 0 unspecified atom stereocenters. The lowest BCUT2D eigenvalue weighted by molar-refractivity contribution is 0.373. The van der Waals surface area contributed by atoms with Crippen LogP contribution < -0.4 is 15.0 Å². The molecule has 1 aliphatic rings. The van der Waals surface area contributed by atoms with Crippen LogP contribution in [0.1, 0.15) is 27.2 Å². The zero-order chi connectivity index (χ0) is 22.0. The highest BCUT2D eigenvalue weighted by Crippen LogP contribution is 2.32. The second kappa shape index (κ2) is 8.47. The standard InChI is InChI=1S/C23H28N6O2/c1-23(2,3)26-16-9-10-29(13-16)21-8-7-18(27-28-21)17-6-5-15(11-20(17)30)19-12-22(31-4)25-14-24-19/h5-8,11-12,14,16,26,30H,9-10,13H2,1-4H3/t16-/m0/s1. The number of phenols is 1. The molecule has 4 rings (SSSR count). The largest absolute Gasteiger partial charge is 0.507 e. The van der Waals surface area contributed by atoms with E-state index in [2.05, 4.69) is 51.2 Å². The maximum Gasteiger partial charge on any atom is 0.216 e. The van der Waals surface area contributed by atoms with E-state index < -0.39 is 0 Å². The van der Waals surface area contributed by atoms with Gasteiger partial charge in [0.2, 0.25) is 5.88 Å². The monoisotopic (exact) mass is 420 g/mol. The van der Waals surface area contributed by atoms with Crippen LogP contribution in [0.15, 0.2) is 42.7 Å². The Kier molecular flexibility index (Phi) is 5.73. The number of aromatic nitrogens is 4.